The molecule has 0 radical (unpaired) electrons. The van der Waals surface area contributed by atoms with Crippen molar-refractivity contribution in [2.24, 2.45) is 5.92 Å². The summed E-state index contributed by atoms with van der Waals surface area (Å²) >= 11 is 0. The van der Waals surface area contributed by atoms with Crippen LogP contribution >= 0.6 is 0 Å². The first-order valence-corrected chi connectivity index (χ1v) is 6.91. The Bertz CT molecular complexity index is 571. The highest BCUT2D eigenvalue weighted by molar-refractivity contribution is 5.87. The van der Waals surface area contributed by atoms with Crippen molar-refractivity contribution in [3.63, 3.8) is 0 Å². The van der Waals surface area contributed by atoms with Crippen molar-refractivity contribution in [3.8, 4) is 0 Å². The molecule has 0 aliphatic heterocycles. The van der Waals surface area contributed by atoms with E-state index in [0.717, 1.165) is 6.42 Å². The van der Waals surface area contributed by atoms with Gasteiger partial charge in [-0.2, -0.15) is 0 Å². The van der Waals surface area contributed by atoms with Crippen LogP contribution in [0.4, 0.5) is 0 Å². The van der Waals surface area contributed by atoms with E-state index in [1.807, 2.05) is 39.0 Å². The Morgan fingerprint density at radius 1 is 1.11 bits per heavy atom. The minimum absolute atomic E-state index is 0.0348. The summed E-state index contributed by atoms with van der Waals surface area (Å²) in [5, 5.41) is 5.52. The first kappa shape index (κ1) is 13.6. The van der Waals surface area contributed by atoms with Crippen LogP contribution in [0.25, 0.3) is 10.8 Å². The van der Waals surface area contributed by atoms with Crippen LogP contribution in [0.2, 0.25) is 0 Å². The summed E-state index contributed by atoms with van der Waals surface area (Å²) in [5.74, 6) is 0.195. The molecular weight excluding hydrogens is 234 g/mol. The molecule has 0 spiro atoms. The number of benzene rings is 2. The number of rotatable bonds is 4. The molecule has 0 aliphatic rings. The van der Waals surface area contributed by atoms with Gasteiger partial charge in [0.05, 0.1) is 6.04 Å². The maximum Gasteiger partial charge on any atom is 0.223 e. The summed E-state index contributed by atoms with van der Waals surface area (Å²) in [6.45, 7) is 6.04. The fourth-order valence-electron chi connectivity index (χ4n) is 2.25. The molecule has 1 N–H and O–H groups in total. The summed E-state index contributed by atoms with van der Waals surface area (Å²) in [6.07, 6.45) is 0.869. The summed E-state index contributed by atoms with van der Waals surface area (Å²) in [7, 11) is 0. The van der Waals surface area contributed by atoms with Gasteiger partial charge in [-0.3, -0.25) is 4.79 Å². The van der Waals surface area contributed by atoms with Crippen LogP contribution in [0, 0.1) is 5.92 Å². The topological polar surface area (TPSA) is 29.1 Å². The lowest BCUT2D eigenvalue weighted by Gasteiger charge is -2.18. The van der Waals surface area contributed by atoms with Crippen molar-refractivity contribution >= 4 is 16.7 Å². The molecule has 2 nitrogen and oxygen atoms in total. The highest BCUT2D eigenvalue weighted by Gasteiger charge is 2.15. The lowest BCUT2D eigenvalue weighted by molar-refractivity contribution is -0.125. The van der Waals surface area contributed by atoms with Crippen molar-refractivity contribution in [2.45, 2.75) is 33.2 Å². The Balaban J connectivity index is 2.27. The van der Waals surface area contributed by atoms with E-state index in [-0.39, 0.29) is 17.9 Å². The highest BCUT2D eigenvalue weighted by Crippen LogP contribution is 2.24. The van der Waals surface area contributed by atoms with E-state index in [0.29, 0.717) is 0 Å². The van der Waals surface area contributed by atoms with Crippen LogP contribution in [0.3, 0.4) is 0 Å². The van der Waals surface area contributed by atoms with Gasteiger partial charge in [0.15, 0.2) is 0 Å². The lowest BCUT2D eigenvalue weighted by Crippen LogP contribution is -2.31. The molecule has 0 bridgehead atoms. The van der Waals surface area contributed by atoms with Crippen molar-refractivity contribution < 1.29 is 4.79 Å². The zero-order valence-corrected chi connectivity index (χ0v) is 11.8. The van der Waals surface area contributed by atoms with E-state index >= 15 is 0 Å². The summed E-state index contributed by atoms with van der Waals surface area (Å²) in [5.41, 5.74) is 1.18. The molecule has 0 aliphatic carbocycles. The molecule has 2 aromatic rings. The van der Waals surface area contributed by atoms with E-state index in [1.54, 1.807) is 0 Å². The van der Waals surface area contributed by atoms with Crippen LogP contribution in [0.5, 0.6) is 0 Å². The Morgan fingerprint density at radius 3 is 2.53 bits per heavy atom. The van der Waals surface area contributed by atoms with Crippen LogP contribution < -0.4 is 5.32 Å². The number of amides is 1. The molecule has 2 unspecified atom stereocenters. The second-order valence-corrected chi connectivity index (χ2v) is 5.11. The Hall–Kier alpha value is -1.83. The van der Waals surface area contributed by atoms with Gasteiger partial charge < -0.3 is 5.32 Å². The quantitative estimate of drug-likeness (QED) is 0.877. The second-order valence-electron chi connectivity index (χ2n) is 5.11. The van der Waals surface area contributed by atoms with Crippen molar-refractivity contribution in [1.82, 2.24) is 5.32 Å². The van der Waals surface area contributed by atoms with Gasteiger partial charge in [-0.1, -0.05) is 56.3 Å². The molecule has 2 aromatic carbocycles. The Kier molecular flexibility index (Phi) is 4.20. The van der Waals surface area contributed by atoms with Gasteiger partial charge in [-0.05, 0) is 29.7 Å². The zero-order chi connectivity index (χ0) is 13.8. The molecule has 2 rings (SSSR count). The second kappa shape index (κ2) is 5.87. The number of carbonyl (C=O) groups excluding carboxylic acids is 1. The molecular formula is C17H21NO. The minimum Gasteiger partial charge on any atom is -0.349 e. The van der Waals surface area contributed by atoms with Crippen molar-refractivity contribution in [3.05, 3.63) is 48.0 Å². The van der Waals surface area contributed by atoms with E-state index in [2.05, 4.69) is 29.6 Å². The largest absolute Gasteiger partial charge is 0.349 e. The summed E-state index contributed by atoms with van der Waals surface area (Å²) in [6, 6.07) is 14.5. The Labute approximate surface area is 114 Å². The highest BCUT2D eigenvalue weighted by atomic mass is 16.1. The smallest absolute Gasteiger partial charge is 0.223 e. The van der Waals surface area contributed by atoms with Crippen LogP contribution in [0.1, 0.15) is 38.8 Å². The van der Waals surface area contributed by atoms with Gasteiger partial charge in [0.2, 0.25) is 5.91 Å². The molecule has 0 fully saturated rings. The number of hydrogen-bond donors (Lipinski definition) is 1. The monoisotopic (exact) mass is 255 g/mol. The van der Waals surface area contributed by atoms with Crippen molar-refractivity contribution in [2.75, 3.05) is 0 Å². The van der Waals surface area contributed by atoms with Crippen LogP contribution in [0.15, 0.2) is 42.5 Å². The first-order valence-electron chi connectivity index (χ1n) is 6.91. The third-order valence-electron chi connectivity index (χ3n) is 3.71. The van der Waals surface area contributed by atoms with Gasteiger partial charge in [0, 0.05) is 5.92 Å². The molecule has 2 heteroatoms. The number of nitrogens with one attached hydrogen (secondary N) is 1. The van der Waals surface area contributed by atoms with Gasteiger partial charge in [0.1, 0.15) is 0 Å². The molecule has 0 saturated carbocycles. The lowest BCUT2D eigenvalue weighted by atomic mass is 9.99. The van der Waals surface area contributed by atoms with E-state index < -0.39 is 0 Å². The predicted molar refractivity (Wildman–Crippen MR) is 80.0 cm³/mol. The maximum absolute atomic E-state index is 12.0. The fourth-order valence-corrected chi connectivity index (χ4v) is 2.25. The van der Waals surface area contributed by atoms with Crippen molar-refractivity contribution in [1.29, 1.82) is 0 Å². The third kappa shape index (κ3) is 2.95. The molecule has 0 aromatic heterocycles. The SMILES string of the molecule is CCC(C)C(=O)NC(C)c1cccc2ccccc12. The maximum atomic E-state index is 12.0. The van der Waals surface area contributed by atoms with Gasteiger partial charge in [-0.15, -0.1) is 0 Å². The van der Waals surface area contributed by atoms with E-state index in [1.165, 1.54) is 16.3 Å². The molecule has 0 saturated heterocycles. The summed E-state index contributed by atoms with van der Waals surface area (Å²) < 4.78 is 0. The molecule has 0 heterocycles. The van der Waals surface area contributed by atoms with Crippen LogP contribution in [-0.2, 0) is 4.79 Å². The standard InChI is InChI=1S/C17H21NO/c1-4-12(2)17(19)18-13(3)15-11-7-9-14-8-5-6-10-16(14)15/h5-13H,4H2,1-3H3,(H,18,19). The van der Waals surface area contributed by atoms with E-state index in [9.17, 15) is 4.79 Å². The molecule has 1 amide bonds. The zero-order valence-electron chi connectivity index (χ0n) is 11.8. The normalized spacial score (nSPS) is 14.1. The molecule has 100 valence electrons. The Morgan fingerprint density at radius 2 is 1.79 bits per heavy atom. The first-order chi connectivity index (χ1) is 9.13. The average molecular weight is 255 g/mol. The predicted octanol–water partition coefficient (Wildman–Crippen LogP) is 4.06. The van der Waals surface area contributed by atoms with Crippen LogP contribution in [-0.4, -0.2) is 5.91 Å². The summed E-state index contributed by atoms with van der Waals surface area (Å²) in [4.78, 5) is 12.0. The van der Waals surface area contributed by atoms with E-state index in [4.69, 9.17) is 0 Å². The van der Waals surface area contributed by atoms with Gasteiger partial charge in [-0.25, -0.2) is 0 Å². The minimum atomic E-state index is 0.0348. The molecule has 19 heavy (non-hydrogen) atoms. The third-order valence-corrected chi connectivity index (χ3v) is 3.71. The number of carbonyl (C=O) groups is 1. The van der Waals surface area contributed by atoms with Gasteiger partial charge in [0.25, 0.3) is 0 Å². The number of fused-ring (bicyclic) bond motifs is 1. The fraction of sp³-hybridized carbons (Fsp3) is 0.353. The average Bonchev–Trinajstić information content (AvgIpc) is 2.45. The van der Waals surface area contributed by atoms with Gasteiger partial charge >= 0.3 is 0 Å². The molecule has 2 atom stereocenters. The number of hydrogen-bond acceptors (Lipinski definition) is 1.